The largest absolute Gasteiger partial charge is 0.366 e. The minimum Gasteiger partial charge on any atom is -0.366 e. The third-order valence-electron chi connectivity index (χ3n) is 4.00. The Balaban J connectivity index is 2.01. The van der Waals surface area contributed by atoms with E-state index in [1.54, 1.807) is 12.1 Å². The molecule has 4 N–H and O–H groups in total. The van der Waals surface area contributed by atoms with Gasteiger partial charge >= 0.3 is 0 Å². The van der Waals surface area contributed by atoms with Crippen molar-refractivity contribution in [3.8, 4) is 0 Å². The molecule has 2 rings (SSSR count). The van der Waals surface area contributed by atoms with Crippen LogP contribution >= 0.6 is 0 Å². The van der Waals surface area contributed by atoms with Crippen LogP contribution in [0.3, 0.4) is 0 Å². The van der Waals surface area contributed by atoms with Gasteiger partial charge in [0.25, 0.3) is 0 Å². The molecule has 1 aromatic carbocycles. The number of rotatable bonds is 4. The maximum atomic E-state index is 11.0. The molecule has 4 heteroatoms. The van der Waals surface area contributed by atoms with Gasteiger partial charge in [0.05, 0.1) is 0 Å². The summed E-state index contributed by atoms with van der Waals surface area (Å²) in [5.74, 6) is 0.389. The average Bonchev–Trinajstić information content (AvgIpc) is 2.41. The van der Waals surface area contributed by atoms with Crippen molar-refractivity contribution in [2.75, 3.05) is 13.1 Å². The van der Waals surface area contributed by atoms with E-state index in [1.165, 1.54) is 18.4 Å². The van der Waals surface area contributed by atoms with Gasteiger partial charge < -0.3 is 11.5 Å². The Hall–Kier alpha value is -1.39. The fourth-order valence-corrected chi connectivity index (χ4v) is 2.76. The number of primary amides is 1. The van der Waals surface area contributed by atoms with Crippen LogP contribution in [-0.4, -0.2) is 29.9 Å². The van der Waals surface area contributed by atoms with E-state index in [-0.39, 0.29) is 5.91 Å². The molecule has 1 fully saturated rings. The first-order valence-electron chi connectivity index (χ1n) is 6.93. The van der Waals surface area contributed by atoms with Gasteiger partial charge in [-0.1, -0.05) is 19.1 Å². The standard InChI is InChI=1S/C15H23N3O/c1-11-6-7-18(14(8-11)9-16)10-12-2-4-13(5-3-12)15(17)19/h2-5,11,14H,6-10,16H2,1H3,(H2,17,19). The van der Waals surface area contributed by atoms with E-state index in [9.17, 15) is 4.79 Å². The van der Waals surface area contributed by atoms with Crippen molar-refractivity contribution in [3.63, 3.8) is 0 Å². The normalized spacial score (nSPS) is 24.3. The number of hydrogen-bond donors (Lipinski definition) is 2. The third kappa shape index (κ3) is 3.55. The van der Waals surface area contributed by atoms with Gasteiger partial charge in [0.2, 0.25) is 5.91 Å². The fourth-order valence-electron chi connectivity index (χ4n) is 2.76. The lowest BCUT2D eigenvalue weighted by Crippen LogP contribution is -2.45. The van der Waals surface area contributed by atoms with Crippen molar-refractivity contribution in [1.82, 2.24) is 4.90 Å². The number of hydrogen-bond acceptors (Lipinski definition) is 3. The van der Waals surface area contributed by atoms with Crippen LogP contribution < -0.4 is 11.5 Å². The van der Waals surface area contributed by atoms with E-state index in [4.69, 9.17) is 11.5 Å². The lowest BCUT2D eigenvalue weighted by Gasteiger charge is -2.38. The van der Waals surface area contributed by atoms with Gasteiger partial charge in [-0.05, 0) is 43.0 Å². The third-order valence-corrected chi connectivity index (χ3v) is 4.00. The van der Waals surface area contributed by atoms with E-state index >= 15 is 0 Å². The van der Waals surface area contributed by atoms with Crippen molar-refractivity contribution in [2.24, 2.45) is 17.4 Å². The minimum absolute atomic E-state index is 0.377. The molecule has 1 aliphatic rings. The molecule has 1 amide bonds. The molecule has 1 saturated heterocycles. The summed E-state index contributed by atoms with van der Waals surface area (Å²) in [7, 11) is 0. The molecule has 0 saturated carbocycles. The number of piperidine rings is 1. The van der Waals surface area contributed by atoms with E-state index in [2.05, 4.69) is 11.8 Å². The average molecular weight is 261 g/mol. The smallest absolute Gasteiger partial charge is 0.248 e. The second-order valence-electron chi connectivity index (χ2n) is 5.55. The fraction of sp³-hybridized carbons (Fsp3) is 0.533. The first-order chi connectivity index (χ1) is 9.10. The summed E-state index contributed by atoms with van der Waals surface area (Å²) in [6.45, 7) is 5.00. The highest BCUT2D eigenvalue weighted by atomic mass is 16.1. The summed E-state index contributed by atoms with van der Waals surface area (Å²) in [4.78, 5) is 13.5. The van der Waals surface area contributed by atoms with Crippen LogP contribution in [0, 0.1) is 5.92 Å². The number of carbonyl (C=O) groups is 1. The topological polar surface area (TPSA) is 72.3 Å². The molecule has 4 nitrogen and oxygen atoms in total. The molecule has 2 atom stereocenters. The van der Waals surface area contributed by atoms with Gasteiger partial charge in [-0.2, -0.15) is 0 Å². The van der Waals surface area contributed by atoms with Gasteiger partial charge in [-0.25, -0.2) is 0 Å². The maximum Gasteiger partial charge on any atom is 0.248 e. The highest BCUT2D eigenvalue weighted by Gasteiger charge is 2.25. The first-order valence-corrected chi connectivity index (χ1v) is 6.93. The number of benzene rings is 1. The van der Waals surface area contributed by atoms with E-state index in [1.807, 2.05) is 12.1 Å². The second kappa shape index (κ2) is 6.17. The predicted molar refractivity (Wildman–Crippen MR) is 76.6 cm³/mol. The second-order valence-corrected chi connectivity index (χ2v) is 5.55. The molecular weight excluding hydrogens is 238 g/mol. The lowest BCUT2D eigenvalue weighted by molar-refractivity contribution is 0.1000. The minimum atomic E-state index is -0.377. The summed E-state index contributed by atoms with van der Waals surface area (Å²) in [6.07, 6.45) is 2.41. The zero-order valence-corrected chi connectivity index (χ0v) is 11.5. The monoisotopic (exact) mass is 261 g/mol. The Morgan fingerprint density at radius 1 is 1.37 bits per heavy atom. The Kier molecular flexibility index (Phi) is 4.56. The molecule has 1 aromatic rings. The number of carbonyl (C=O) groups excluding carboxylic acids is 1. The number of nitrogens with two attached hydrogens (primary N) is 2. The summed E-state index contributed by atoms with van der Waals surface area (Å²) < 4.78 is 0. The van der Waals surface area contributed by atoms with Crippen LogP contribution in [0.25, 0.3) is 0 Å². The van der Waals surface area contributed by atoms with Crippen molar-refractivity contribution < 1.29 is 4.79 Å². The Labute approximate surface area is 114 Å². The van der Waals surface area contributed by atoms with Gasteiger partial charge in [-0.15, -0.1) is 0 Å². The lowest BCUT2D eigenvalue weighted by atomic mass is 9.92. The maximum absolute atomic E-state index is 11.0. The van der Waals surface area contributed by atoms with Crippen molar-refractivity contribution in [2.45, 2.75) is 32.4 Å². The molecule has 0 aromatic heterocycles. The Morgan fingerprint density at radius 2 is 2.05 bits per heavy atom. The number of nitrogens with zero attached hydrogens (tertiary/aromatic N) is 1. The quantitative estimate of drug-likeness (QED) is 0.859. The van der Waals surface area contributed by atoms with Gasteiger partial charge in [0.1, 0.15) is 0 Å². The molecule has 0 aliphatic carbocycles. The molecule has 1 aliphatic heterocycles. The highest BCUT2D eigenvalue weighted by molar-refractivity contribution is 5.92. The summed E-state index contributed by atoms with van der Waals surface area (Å²) in [6, 6.07) is 8.01. The van der Waals surface area contributed by atoms with Crippen LogP contribution in [0.4, 0.5) is 0 Å². The zero-order chi connectivity index (χ0) is 13.8. The van der Waals surface area contributed by atoms with Crippen LogP contribution in [-0.2, 0) is 6.54 Å². The van der Waals surface area contributed by atoms with Gasteiger partial charge in [0, 0.05) is 24.7 Å². The van der Waals surface area contributed by atoms with E-state index < -0.39 is 0 Å². The molecular formula is C15H23N3O. The van der Waals surface area contributed by atoms with Gasteiger partial charge in [-0.3, -0.25) is 9.69 Å². The molecule has 1 heterocycles. The molecule has 0 radical (unpaired) electrons. The van der Waals surface area contributed by atoms with Crippen LogP contribution in [0.15, 0.2) is 24.3 Å². The molecule has 104 valence electrons. The Morgan fingerprint density at radius 3 is 2.63 bits per heavy atom. The van der Waals surface area contributed by atoms with E-state index in [0.717, 1.165) is 19.0 Å². The molecule has 0 bridgehead atoms. The van der Waals surface area contributed by atoms with E-state index in [0.29, 0.717) is 18.2 Å². The molecule has 2 unspecified atom stereocenters. The van der Waals surface area contributed by atoms with Crippen LogP contribution in [0.1, 0.15) is 35.7 Å². The highest BCUT2D eigenvalue weighted by Crippen LogP contribution is 2.23. The van der Waals surface area contributed by atoms with Crippen LogP contribution in [0.5, 0.6) is 0 Å². The van der Waals surface area contributed by atoms with Crippen molar-refractivity contribution >= 4 is 5.91 Å². The zero-order valence-electron chi connectivity index (χ0n) is 11.5. The Bertz CT molecular complexity index is 430. The van der Waals surface area contributed by atoms with Gasteiger partial charge in [0.15, 0.2) is 0 Å². The SMILES string of the molecule is CC1CCN(Cc2ccc(C(N)=O)cc2)C(CN)C1. The van der Waals surface area contributed by atoms with Crippen LogP contribution in [0.2, 0.25) is 0 Å². The number of amides is 1. The molecule has 0 spiro atoms. The summed E-state index contributed by atoms with van der Waals surface area (Å²) in [5, 5.41) is 0. The van der Waals surface area contributed by atoms with Crippen molar-refractivity contribution in [1.29, 1.82) is 0 Å². The molecule has 19 heavy (non-hydrogen) atoms. The number of likely N-dealkylation sites (tertiary alicyclic amines) is 1. The first kappa shape index (κ1) is 14.0. The predicted octanol–water partition coefficient (Wildman–Crippen LogP) is 1.34. The summed E-state index contributed by atoms with van der Waals surface area (Å²) in [5.41, 5.74) is 12.9. The summed E-state index contributed by atoms with van der Waals surface area (Å²) >= 11 is 0. The van der Waals surface area contributed by atoms with Crippen molar-refractivity contribution in [3.05, 3.63) is 35.4 Å².